The molecular weight excluding hydrogens is 472 g/mol. The van der Waals surface area contributed by atoms with Gasteiger partial charge in [0.25, 0.3) is 11.8 Å². The van der Waals surface area contributed by atoms with Crippen LogP contribution in [0.1, 0.15) is 63.6 Å². The number of anilines is 1. The monoisotopic (exact) mass is 502 g/mol. The molecule has 2 N–H and O–H groups in total. The molecule has 5 rings (SSSR count). The number of carbonyl (C=O) groups is 2. The molecule has 2 amide bonds. The number of nitrogens with one attached hydrogen (secondary N) is 2. The van der Waals surface area contributed by atoms with Crippen LogP contribution < -0.4 is 15.5 Å². The van der Waals surface area contributed by atoms with E-state index in [2.05, 4.69) is 32.7 Å². The van der Waals surface area contributed by atoms with Crippen molar-refractivity contribution in [1.82, 2.24) is 15.6 Å². The summed E-state index contributed by atoms with van der Waals surface area (Å²) >= 11 is 6.19. The molecule has 0 spiro atoms. The number of hydrogen-bond donors (Lipinski definition) is 2. The highest BCUT2D eigenvalue weighted by Gasteiger charge is 2.26. The van der Waals surface area contributed by atoms with Gasteiger partial charge >= 0.3 is 0 Å². The SMILES string of the molecule is O=C(NCCC1CCN(c2ccncc2)CC1)c1ccc2c(c1)[C@H](NC(=O)c1ccccc1Cl)CC2. The molecule has 1 atom stereocenters. The van der Waals surface area contributed by atoms with Gasteiger partial charge in [0.2, 0.25) is 0 Å². The van der Waals surface area contributed by atoms with E-state index in [0.717, 1.165) is 50.8 Å². The number of carbonyl (C=O) groups excluding carboxylic acids is 2. The van der Waals surface area contributed by atoms with E-state index in [4.69, 9.17) is 11.6 Å². The first-order valence-corrected chi connectivity index (χ1v) is 13.1. The van der Waals surface area contributed by atoms with E-state index in [0.29, 0.717) is 28.6 Å². The Kier molecular flexibility index (Phi) is 7.52. The Labute approximate surface area is 217 Å². The number of benzene rings is 2. The number of rotatable bonds is 7. The van der Waals surface area contributed by atoms with E-state index in [1.165, 1.54) is 11.3 Å². The average Bonchev–Trinajstić information content (AvgIpc) is 3.31. The molecular formula is C29H31ClN4O2. The highest BCUT2D eigenvalue weighted by atomic mass is 35.5. The Morgan fingerprint density at radius 1 is 0.972 bits per heavy atom. The minimum Gasteiger partial charge on any atom is -0.371 e. The van der Waals surface area contributed by atoms with Crippen molar-refractivity contribution in [2.75, 3.05) is 24.5 Å². The summed E-state index contributed by atoms with van der Waals surface area (Å²) in [6.45, 7) is 2.74. The Balaban J connectivity index is 1.12. The summed E-state index contributed by atoms with van der Waals surface area (Å²) in [5.41, 5.74) is 4.53. The van der Waals surface area contributed by atoms with E-state index >= 15 is 0 Å². The molecule has 36 heavy (non-hydrogen) atoms. The van der Waals surface area contributed by atoms with Crippen molar-refractivity contribution in [3.63, 3.8) is 0 Å². The summed E-state index contributed by atoms with van der Waals surface area (Å²) in [6.07, 6.45) is 8.61. The fourth-order valence-electron chi connectivity index (χ4n) is 5.30. The van der Waals surface area contributed by atoms with Crippen LogP contribution in [0.5, 0.6) is 0 Å². The average molecular weight is 503 g/mol. The van der Waals surface area contributed by atoms with E-state index in [1.807, 2.05) is 30.6 Å². The second-order valence-electron chi connectivity index (χ2n) is 9.64. The normalized spacial score (nSPS) is 17.5. The molecule has 1 aliphatic heterocycles. The van der Waals surface area contributed by atoms with Crippen molar-refractivity contribution >= 4 is 29.1 Å². The van der Waals surface area contributed by atoms with Crippen LogP contribution in [0.25, 0.3) is 0 Å². The Bertz CT molecular complexity index is 1220. The lowest BCUT2D eigenvalue weighted by atomic mass is 9.93. The number of amides is 2. The van der Waals surface area contributed by atoms with Gasteiger partial charge in [0, 0.05) is 43.3 Å². The molecule has 0 unspecified atom stereocenters. The third-order valence-corrected chi connectivity index (χ3v) is 7.72. The number of fused-ring (bicyclic) bond motifs is 1. The summed E-state index contributed by atoms with van der Waals surface area (Å²) in [5.74, 6) is 0.367. The van der Waals surface area contributed by atoms with Crippen LogP contribution in [0, 0.1) is 5.92 Å². The third kappa shape index (κ3) is 5.54. The van der Waals surface area contributed by atoms with Crippen LogP contribution in [0.15, 0.2) is 67.0 Å². The zero-order chi connectivity index (χ0) is 24.9. The second-order valence-corrected chi connectivity index (χ2v) is 10.0. The molecule has 2 aromatic carbocycles. The molecule has 0 radical (unpaired) electrons. The largest absolute Gasteiger partial charge is 0.371 e. The first-order chi connectivity index (χ1) is 17.6. The number of hydrogen-bond acceptors (Lipinski definition) is 4. The van der Waals surface area contributed by atoms with Gasteiger partial charge in [-0.25, -0.2) is 0 Å². The number of halogens is 1. The minimum absolute atomic E-state index is 0.0601. The predicted octanol–water partition coefficient (Wildman–Crippen LogP) is 5.19. The van der Waals surface area contributed by atoms with Crippen molar-refractivity contribution in [2.24, 2.45) is 5.92 Å². The Morgan fingerprint density at radius 3 is 2.53 bits per heavy atom. The maximum Gasteiger partial charge on any atom is 0.253 e. The van der Waals surface area contributed by atoms with Crippen molar-refractivity contribution < 1.29 is 9.59 Å². The lowest BCUT2D eigenvalue weighted by molar-refractivity contribution is 0.0935. The smallest absolute Gasteiger partial charge is 0.253 e. The van der Waals surface area contributed by atoms with Gasteiger partial charge in [-0.3, -0.25) is 14.6 Å². The van der Waals surface area contributed by atoms with E-state index < -0.39 is 0 Å². The van der Waals surface area contributed by atoms with Gasteiger partial charge < -0.3 is 15.5 Å². The molecule has 1 saturated heterocycles. The number of pyridine rings is 1. The van der Waals surface area contributed by atoms with Crippen LogP contribution in [-0.2, 0) is 6.42 Å². The highest BCUT2D eigenvalue weighted by Crippen LogP contribution is 2.32. The molecule has 0 bridgehead atoms. The third-order valence-electron chi connectivity index (χ3n) is 7.39. The van der Waals surface area contributed by atoms with Crippen LogP contribution >= 0.6 is 11.6 Å². The molecule has 1 aromatic heterocycles. The lowest BCUT2D eigenvalue weighted by Gasteiger charge is -2.33. The van der Waals surface area contributed by atoms with Gasteiger partial charge in [-0.15, -0.1) is 0 Å². The Morgan fingerprint density at radius 2 is 1.75 bits per heavy atom. The molecule has 1 aliphatic carbocycles. The summed E-state index contributed by atoms with van der Waals surface area (Å²) in [7, 11) is 0. The Hall–Kier alpha value is -3.38. The maximum absolute atomic E-state index is 12.9. The summed E-state index contributed by atoms with van der Waals surface area (Å²) in [6, 6.07) is 16.9. The molecule has 2 aliphatic rings. The van der Waals surface area contributed by atoms with Crippen LogP contribution in [-0.4, -0.2) is 36.4 Å². The molecule has 3 aromatic rings. The zero-order valence-electron chi connectivity index (χ0n) is 20.3. The number of aromatic nitrogens is 1. The van der Waals surface area contributed by atoms with Gasteiger partial charge in [-0.1, -0.05) is 29.8 Å². The molecule has 6 nitrogen and oxygen atoms in total. The summed E-state index contributed by atoms with van der Waals surface area (Å²) < 4.78 is 0. The fourth-order valence-corrected chi connectivity index (χ4v) is 5.52. The maximum atomic E-state index is 12.9. The summed E-state index contributed by atoms with van der Waals surface area (Å²) in [4.78, 5) is 32.2. The van der Waals surface area contributed by atoms with Gasteiger partial charge in [-0.05, 0) is 85.5 Å². The molecule has 7 heteroatoms. The molecule has 1 fully saturated rings. The zero-order valence-corrected chi connectivity index (χ0v) is 21.0. The van der Waals surface area contributed by atoms with E-state index in [1.54, 1.807) is 24.3 Å². The van der Waals surface area contributed by atoms with Gasteiger partial charge in [0.15, 0.2) is 0 Å². The molecule has 186 valence electrons. The van der Waals surface area contributed by atoms with Crippen molar-refractivity contribution in [3.8, 4) is 0 Å². The van der Waals surface area contributed by atoms with Crippen molar-refractivity contribution in [1.29, 1.82) is 0 Å². The van der Waals surface area contributed by atoms with Crippen molar-refractivity contribution in [3.05, 3.63) is 94.3 Å². The highest BCUT2D eigenvalue weighted by molar-refractivity contribution is 6.33. The lowest BCUT2D eigenvalue weighted by Crippen LogP contribution is -2.35. The van der Waals surface area contributed by atoms with Crippen LogP contribution in [0.2, 0.25) is 5.02 Å². The van der Waals surface area contributed by atoms with Gasteiger partial charge in [0.05, 0.1) is 16.6 Å². The van der Waals surface area contributed by atoms with Crippen LogP contribution in [0.3, 0.4) is 0 Å². The quantitative estimate of drug-likeness (QED) is 0.466. The van der Waals surface area contributed by atoms with E-state index in [9.17, 15) is 9.59 Å². The fraction of sp³-hybridized carbons (Fsp3) is 0.345. The van der Waals surface area contributed by atoms with Crippen LogP contribution in [0.4, 0.5) is 5.69 Å². The summed E-state index contributed by atoms with van der Waals surface area (Å²) in [5, 5.41) is 6.64. The first kappa shape index (κ1) is 24.3. The number of nitrogens with zero attached hydrogens (tertiary/aromatic N) is 2. The number of aryl methyl sites for hydroxylation is 1. The van der Waals surface area contributed by atoms with E-state index in [-0.39, 0.29) is 17.9 Å². The number of piperidine rings is 1. The standard InChI is InChI=1S/C29H31ClN4O2/c30-26-4-2-1-3-24(26)29(36)33-27-8-7-21-5-6-22(19-25(21)27)28(35)32-16-9-20-12-17-34(18-13-20)23-10-14-31-15-11-23/h1-6,10-11,14-15,19-20,27H,7-9,12-13,16-18H2,(H,32,35)(H,33,36)/t27-/m1/s1. The topological polar surface area (TPSA) is 74.3 Å². The second kappa shape index (κ2) is 11.1. The first-order valence-electron chi connectivity index (χ1n) is 12.7. The minimum atomic E-state index is -0.191. The molecule has 0 saturated carbocycles. The predicted molar refractivity (Wildman–Crippen MR) is 143 cm³/mol. The van der Waals surface area contributed by atoms with Crippen molar-refractivity contribution in [2.45, 2.75) is 38.1 Å². The van der Waals surface area contributed by atoms with Gasteiger partial charge in [0.1, 0.15) is 0 Å². The van der Waals surface area contributed by atoms with Gasteiger partial charge in [-0.2, -0.15) is 0 Å². The molecule has 2 heterocycles.